The first-order chi connectivity index (χ1) is 28.1. The number of cyclic esters (lactones) is 1. The van der Waals surface area contributed by atoms with Crippen molar-refractivity contribution in [3.05, 3.63) is 58.6 Å². The monoisotopic (exact) mass is 813 g/mol. The van der Waals surface area contributed by atoms with Gasteiger partial charge in [0.15, 0.2) is 5.82 Å². The van der Waals surface area contributed by atoms with Crippen LogP contribution in [0, 0.1) is 17.3 Å². The normalized spacial score (nSPS) is 24.5. The summed E-state index contributed by atoms with van der Waals surface area (Å²) in [5.41, 5.74) is 8.57. The smallest absolute Gasteiger partial charge is 0.324 e. The summed E-state index contributed by atoms with van der Waals surface area (Å²) in [5, 5.41) is 12.6. The zero-order valence-corrected chi connectivity index (χ0v) is 36.3. The van der Waals surface area contributed by atoms with Gasteiger partial charge in [0.05, 0.1) is 42.7 Å². The highest BCUT2D eigenvalue weighted by atomic mass is 16.5. The molecule has 5 atom stereocenters. The fourth-order valence-electron chi connectivity index (χ4n) is 8.93. The molecule has 3 aromatic heterocycles. The number of allylic oxidation sites excluding steroid dienone is 1. The minimum Gasteiger partial charge on any atom is -0.464 e. The van der Waals surface area contributed by atoms with Crippen molar-refractivity contribution in [3.63, 3.8) is 0 Å². The zero-order chi connectivity index (χ0) is 42.2. The molecule has 2 fully saturated rings. The van der Waals surface area contributed by atoms with Crippen molar-refractivity contribution in [3.8, 4) is 11.3 Å². The van der Waals surface area contributed by atoms with Crippen LogP contribution in [0.3, 0.4) is 0 Å². The highest BCUT2D eigenvalue weighted by molar-refractivity contribution is 5.89. The van der Waals surface area contributed by atoms with Crippen LogP contribution in [-0.2, 0) is 66.9 Å². The molecule has 0 spiro atoms. The third-order valence-electron chi connectivity index (χ3n) is 12.5. The van der Waals surface area contributed by atoms with Gasteiger partial charge in [-0.3, -0.25) is 29.1 Å². The lowest BCUT2D eigenvalue weighted by molar-refractivity contribution is -0.155. The molecule has 15 heteroatoms. The van der Waals surface area contributed by atoms with E-state index < -0.39 is 34.8 Å². The second-order valence-electron chi connectivity index (χ2n) is 18.1. The Morgan fingerprint density at radius 2 is 1.92 bits per heavy atom. The molecule has 2 amide bonds. The van der Waals surface area contributed by atoms with Crippen LogP contribution in [0.15, 0.2) is 24.4 Å². The molecule has 0 saturated carbocycles. The van der Waals surface area contributed by atoms with Crippen molar-refractivity contribution >= 4 is 23.9 Å². The highest BCUT2D eigenvalue weighted by Gasteiger charge is 2.41. The number of pyridine rings is 1. The topological polar surface area (TPSA) is 167 Å². The van der Waals surface area contributed by atoms with Crippen LogP contribution in [0.5, 0.6) is 0 Å². The van der Waals surface area contributed by atoms with E-state index in [1.54, 1.807) is 7.11 Å². The third-order valence-corrected chi connectivity index (χ3v) is 12.5. The summed E-state index contributed by atoms with van der Waals surface area (Å²) in [7, 11) is 3.59. The first-order valence-corrected chi connectivity index (χ1v) is 21.3. The van der Waals surface area contributed by atoms with Crippen LogP contribution in [0.25, 0.3) is 17.3 Å². The second-order valence-corrected chi connectivity index (χ2v) is 18.1. The number of hydrogen-bond donors (Lipinski definition) is 3. The molecule has 3 aromatic rings. The molecule has 6 heterocycles. The van der Waals surface area contributed by atoms with Gasteiger partial charge in [0, 0.05) is 75.0 Å². The minimum atomic E-state index is -0.998. The van der Waals surface area contributed by atoms with Crippen molar-refractivity contribution in [1.29, 1.82) is 0 Å². The number of nitrogens with one attached hydrogen (secondary N) is 3. The van der Waals surface area contributed by atoms with E-state index in [1.807, 2.05) is 44.8 Å². The molecule has 0 radical (unpaired) electrons. The largest absolute Gasteiger partial charge is 0.464 e. The molecule has 0 aromatic carbocycles. The third kappa shape index (κ3) is 8.75. The number of carbonyl (C=O) groups is 3. The van der Waals surface area contributed by atoms with Crippen molar-refractivity contribution < 1.29 is 28.6 Å². The lowest BCUT2D eigenvalue weighted by atomic mass is 9.75. The van der Waals surface area contributed by atoms with E-state index in [-0.39, 0.29) is 49.6 Å². The first kappa shape index (κ1) is 42.7. The predicted octanol–water partition coefficient (Wildman–Crippen LogP) is 3.84. The van der Waals surface area contributed by atoms with E-state index in [4.69, 9.17) is 29.3 Å². The standard InChI is InChI=1S/C44H63N9O6/c1-10-52-35-15-16-44(7)21-30(35)31(38(52)29-13-11-17-46-37(29)27(4)57-9)20-43(5,6)25-59-41(56)33-14-12-18-53(49-33)40(55)34(19-36-48-42(44)51(8)50-36)47-39(54)32(26(2)3)24-58-28-22-45-23-28/h11,13,15-17,26-28,32-34,45,49H,10,12,14,18-25H2,1-9H3,(H,47,54)/t27-,32-,33-,34-,44?/m0/s1. The minimum absolute atomic E-state index is 0.0301. The van der Waals surface area contributed by atoms with Crippen molar-refractivity contribution in [2.24, 2.45) is 24.3 Å². The van der Waals surface area contributed by atoms with E-state index >= 15 is 0 Å². The Kier molecular flexibility index (Phi) is 12.5. The zero-order valence-electron chi connectivity index (χ0n) is 36.3. The molecule has 6 bridgehead atoms. The van der Waals surface area contributed by atoms with Gasteiger partial charge in [-0.2, -0.15) is 5.10 Å². The summed E-state index contributed by atoms with van der Waals surface area (Å²) >= 11 is 0. The number of amides is 2. The maximum Gasteiger partial charge on any atom is 0.324 e. The highest BCUT2D eigenvalue weighted by Crippen LogP contribution is 2.45. The summed E-state index contributed by atoms with van der Waals surface area (Å²) in [6.07, 6.45) is 8.47. The van der Waals surface area contributed by atoms with E-state index in [0.29, 0.717) is 38.1 Å². The van der Waals surface area contributed by atoms with Crippen LogP contribution in [0.1, 0.15) is 102 Å². The van der Waals surface area contributed by atoms with Gasteiger partial charge < -0.3 is 29.4 Å². The summed E-state index contributed by atoms with van der Waals surface area (Å²) in [4.78, 5) is 52.3. The van der Waals surface area contributed by atoms with Crippen molar-refractivity contribution in [2.45, 2.75) is 117 Å². The van der Waals surface area contributed by atoms with Gasteiger partial charge in [-0.15, -0.1) is 0 Å². The number of rotatable bonds is 10. The molecule has 15 nitrogen and oxygen atoms in total. The molecule has 59 heavy (non-hydrogen) atoms. The predicted molar refractivity (Wildman–Crippen MR) is 223 cm³/mol. The van der Waals surface area contributed by atoms with E-state index in [2.05, 4.69) is 66.5 Å². The number of hydrogen-bond acceptors (Lipinski definition) is 11. The SMILES string of the molecule is CCn1c2c3c(c1-c1cccnc1[C@H](C)OC)CC(C)(C)COC(=O)[C@@H]1CCCN(N1)C(=O)[C@@H](NC(=O)[C@@H](COC1CNC1)C(C)C)Cc1nc(n(C)n1)C(C)(C=C2)C3. The van der Waals surface area contributed by atoms with Crippen molar-refractivity contribution in [1.82, 2.24) is 45.4 Å². The number of aryl methyl sites for hydroxylation is 1. The maximum atomic E-state index is 14.5. The number of hydrazine groups is 1. The van der Waals surface area contributed by atoms with Gasteiger partial charge in [-0.25, -0.2) is 10.4 Å². The van der Waals surface area contributed by atoms with Gasteiger partial charge in [0.1, 0.15) is 17.9 Å². The molecular weight excluding hydrogens is 751 g/mol. The van der Waals surface area contributed by atoms with E-state index in [1.165, 1.54) is 16.1 Å². The quantitative estimate of drug-likeness (QED) is 0.255. The summed E-state index contributed by atoms with van der Waals surface area (Å²) in [5.74, 6) is -0.349. The number of nitrogens with zero attached hydrogens (tertiary/aromatic N) is 6. The Balaban J connectivity index is 1.31. The number of methoxy groups -OCH3 is 1. The van der Waals surface area contributed by atoms with E-state index in [9.17, 15) is 14.4 Å². The summed E-state index contributed by atoms with van der Waals surface area (Å²) < 4.78 is 22.2. The lowest BCUT2D eigenvalue weighted by Gasteiger charge is -2.36. The van der Waals surface area contributed by atoms with Gasteiger partial charge in [0.25, 0.3) is 5.91 Å². The molecule has 1 unspecified atom stereocenters. The van der Waals surface area contributed by atoms with Crippen LogP contribution in [0.4, 0.5) is 0 Å². The Morgan fingerprint density at radius 1 is 1.14 bits per heavy atom. The number of fused-ring (bicyclic) bond motifs is 6. The number of carbonyl (C=O) groups excluding carboxylic acids is 3. The fourth-order valence-corrected chi connectivity index (χ4v) is 8.93. The van der Waals surface area contributed by atoms with Crippen LogP contribution >= 0.6 is 0 Å². The summed E-state index contributed by atoms with van der Waals surface area (Å²) in [6.45, 7) is 17.6. The molecule has 7 rings (SSSR count). The van der Waals surface area contributed by atoms with Gasteiger partial charge in [-0.1, -0.05) is 33.8 Å². The summed E-state index contributed by atoms with van der Waals surface area (Å²) in [6, 6.07) is 2.37. The molecule has 3 aliphatic heterocycles. The Morgan fingerprint density at radius 3 is 2.61 bits per heavy atom. The molecule has 320 valence electrons. The lowest BCUT2D eigenvalue weighted by Crippen LogP contribution is -2.61. The molecular formula is C44H63N9O6. The Labute approximate surface area is 348 Å². The average Bonchev–Trinajstić information content (AvgIpc) is 3.72. The molecule has 1 aliphatic carbocycles. The Bertz CT molecular complexity index is 2070. The van der Waals surface area contributed by atoms with Gasteiger partial charge >= 0.3 is 5.97 Å². The average molecular weight is 814 g/mol. The number of esters is 1. The van der Waals surface area contributed by atoms with Crippen LogP contribution < -0.4 is 16.1 Å². The van der Waals surface area contributed by atoms with Crippen molar-refractivity contribution in [2.75, 3.05) is 40.0 Å². The van der Waals surface area contributed by atoms with Crippen LogP contribution in [-0.4, -0.2) is 105 Å². The van der Waals surface area contributed by atoms with E-state index in [0.717, 1.165) is 48.1 Å². The second kappa shape index (κ2) is 17.3. The molecule has 2 saturated heterocycles. The molecule has 3 N–H and O–H groups in total. The van der Waals surface area contributed by atoms with Crippen LogP contribution in [0.2, 0.25) is 0 Å². The maximum absolute atomic E-state index is 14.5. The molecule has 4 aliphatic rings. The number of ether oxygens (including phenoxy) is 3. The Hall–Kier alpha value is -4.44. The van der Waals surface area contributed by atoms with Gasteiger partial charge in [0.2, 0.25) is 5.91 Å². The number of aromatic nitrogens is 5. The fraction of sp³-hybridized carbons (Fsp3) is 0.636. The first-order valence-electron chi connectivity index (χ1n) is 21.3. The van der Waals surface area contributed by atoms with Gasteiger partial charge in [-0.05, 0) is 81.7 Å².